The monoisotopic (exact) mass is 810 g/mol. The van der Waals surface area contributed by atoms with E-state index in [9.17, 15) is 0 Å². The first-order valence-electron chi connectivity index (χ1n) is 21.2. The van der Waals surface area contributed by atoms with Gasteiger partial charge in [-0.1, -0.05) is 201 Å². The fraction of sp³-hybridized carbons (Fsp3) is 0.0351. The standard InChI is InChI=1S/C57H42N4Si/c1-62(2)53-29-17-15-26-48(53)49-35-34-43(38-54(49)62)56-58-55(42-32-30-40(31-33-42)39-18-6-3-7-19-39)59-57(60-56)50-27-14-16-28-51(50)61(44-22-10-5-11-23-44)52-37-36-45(41-20-8-4-9-21-41)46-24-12-13-25-47(46)52/h3-38H,1-2H3. The van der Waals surface area contributed by atoms with E-state index < -0.39 is 8.07 Å². The number of benzene rings is 9. The average molecular weight is 811 g/mol. The number of anilines is 3. The molecule has 1 aliphatic rings. The van der Waals surface area contributed by atoms with Crippen molar-refractivity contribution in [2.45, 2.75) is 13.1 Å². The lowest BCUT2D eigenvalue weighted by molar-refractivity contribution is 1.07. The number of aromatic nitrogens is 3. The molecule has 0 fully saturated rings. The molecule has 1 aliphatic heterocycles. The lowest BCUT2D eigenvalue weighted by Crippen LogP contribution is -2.49. The normalized spacial score (nSPS) is 12.5. The van der Waals surface area contributed by atoms with Crippen molar-refractivity contribution in [3.8, 4) is 67.5 Å². The van der Waals surface area contributed by atoms with Crippen molar-refractivity contribution in [3.05, 3.63) is 218 Å². The van der Waals surface area contributed by atoms with Gasteiger partial charge < -0.3 is 4.90 Å². The van der Waals surface area contributed by atoms with Crippen LogP contribution in [0.1, 0.15) is 0 Å². The number of para-hydroxylation sites is 2. The fourth-order valence-electron chi connectivity index (χ4n) is 9.23. The van der Waals surface area contributed by atoms with Crippen molar-refractivity contribution in [1.29, 1.82) is 0 Å². The van der Waals surface area contributed by atoms with Gasteiger partial charge in [0.25, 0.3) is 0 Å². The lowest BCUT2D eigenvalue weighted by Gasteiger charge is -2.29. The van der Waals surface area contributed by atoms with Crippen LogP contribution in [0.15, 0.2) is 218 Å². The molecule has 11 rings (SSSR count). The van der Waals surface area contributed by atoms with E-state index in [1.807, 2.05) is 6.07 Å². The second kappa shape index (κ2) is 15.4. The Bertz CT molecular complexity index is 3260. The second-order valence-corrected chi connectivity index (χ2v) is 20.7. The van der Waals surface area contributed by atoms with Crippen LogP contribution in [0.3, 0.4) is 0 Å². The van der Waals surface area contributed by atoms with Crippen LogP contribution in [0, 0.1) is 0 Å². The third kappa shape index (κ3) is 6.51. The molecule has 10 aromatic rings. The minimum absolute atomic E-state index is 0.610. The third-order valence-corrected chi connectivity index (χ3v) is 15.9. The van der Waals surface area contributed by atoms with E-state index in [0.29, 0.717) is 17.5 Å². The van der Waals surface area contributed by atoms with E-state index in [1.165, 1.54) is 43.6 Å². The minimum atomic E-state index is -1.96. The first-order chi connectivity index (χ1) is 30.5. The summed E-state index contributed by atoms with van der Waals surface area (Å²) < 4.78 is 0. The molecule has 0 amide bonds. The molecule has 62 heavy (non-hydrogen) atoms. The summed E-state index contributed by atoms with van der Waals surface area (Å²) in [5.74, 6) is 1.89. The maximum absolute atomic E-state index is 5.40. The summed E-state index contributed by atoms with van der Waals surface area (Å²) in [7, 11) is -1.96. The molecule has 2 heterocycles. The number of nitrogens with zero attached hydrogens (tertiary/aromatic N) is 4. The molecule has 0 unspecified atom stereocenters. The second-order valence-electron chi connectivity index (χ2n) is 16.4. The molecule has 4 nitrogen and oxygen atoms in total. The Morgan fingerprint density at radius 2 is 0.823 bits per heavy atom. The Morgan fingerprint density at radius 3 is 1.56 bits per heavy atom. The molecule has 0 aliphatic carbocycles. The molecule has 294 valence electrons. The van der Waals surface area contributed by atoms with Gasteiger partial charge in [0, 0.05) is 27.8 Å². The zero-order valence-electron chi connectivity index (χ0n) is 34.6. The van der Waals surface area contributed by atoms with Crippen molar-refractivity contribution in [2.75, 3.05) is 4.90 Å². The SMILES string of the molecule is C[Si]1(C)c2ccccc2-c2ccc(-c3nc(-c4ccc(-c5ccccc5)cc4)nc(-c4ccccc4N(c4ccccc4)c4ccc(-c5ccccc5)c5ccccc45)n3)cc21. The lowest BCUT2D eigenvalue weighted by atomic mass is 9.96. The van der Waals surface area contributed by atoms with E-state index in [0.717, 1.165) is 44.7 Å². The number of hydrogen-bond donors (Lipinski definition) is 0. The van der Waals surface area contributed by atoms with E-state index in [1.54, 1.807) is 0 Å². The Morgan fingerprint density at radius 1 is 0.323 bits per heavy atom. The van der Waals surface area contributed by atoms with Gasteiger partial charge in [-0.2, -0.15) is 0 Å². The average Bonchev–Trinajstić information content (AvgIpc) is 3.57. The smallest absolute Gasteiger partial charge is 0.166 e. The van der Waals surface area contributed by atoms with Gasteiger partial charge in [0.1, 0.15) is 8.07 Å². The van der Waals surface area contributed by atoms with Crippen molar-refractivity contribution < 1.29 is 0 Å². The summed E-state index contributed by atoms with van der Waals surface area (Å²) in [6, 6.07) is 77.7. The van der Waals surface area contributed by atoms with Crippen LogP contribution in [0.25, 0.3) is 78.3 Å². The van der Waals surface area contributed by atoms with Crippen LogP contribution in [0.2, 0.25) is 13.1 Å². The zero-order valence-corrected chi connectivity index (χ0v) is 35.6. The van der Waals surface area contributed by atoms with Crippen LogP contribution >= 0.6 is 0 Å². The highest BCUT2D eigenvalue weighted by Crippen LogP contribution is 2.45. The van der Waals surface area contributed by atoms with E-state index in [4.69, 9.17) is 15.0 Å². The van der Waals surface area contributed by atoms with Crippen LogP contribution < -0.4 is 15.3 Å². The van der Waals surface area contributed by atoms with Crippen LogP contribution in [0.5, 0.6) is 0 Å². The molecule has 1 aromatic heterocycles. The van der Waals surface area contributed by atoms with Crippen LogP contribution in [-0.4, -0.2) is 23.0 Å². The van der Waals surface area contributed by atoms with Gasteiger partial charge in [0.2, 0.25) is 0 Å². The largest absolute Gasteiger partial charge is 0.309 e. The molecule has 0 atom stereocenters. The number of fused-ring (bicyclic) bond motifs is 4. The maximum Gasteiger partial charge on any atom is 0.166 e. The molecule has 0 spiro atoms. The van der Waals surface area contributed by atoms with Gasteiger partial charge in [-0.3, -0.25) is 0 Å². The van der Waals surface area contributed by atoms with Gasteiger partial charge in [-0.05, 0) is 79.5 Å². The quantitative estimate of drug-likeness (QED) is 0.143. The van der Waals surface area contributed by atoms with Crippen LogP contribution in [-0.2, 0) is 0 Å². The summed E-state index contributed by atoms with van der Waals surface area (Å²) in [5.41, 5.74) is 13.3. The fourth-order valence-corrected chi connectivity index (χ4v) is 12.3. The Labute approximate surface area is 363 Å². The summed E-state index contributed by atoms with van der Waals surface area (Å²) in [6.07, 6.45) is 0. The van der Waals surface area contributed by atoms with Gasteiger partial charge in [-0.15, -0.1) is 0 Å². The molecule has 0 N–H and O–H groups in total. The summed E-state index contributed by atoms with van der Waals surface area (Å²) in [4.78, 5) is 18.4. The zero-order chi connectivity index (χ0) is 41.6. The van der Waals surface area contributed by atoms with E-state index in [2.05, 4.69) is 230 Å². The highest BCUT2D eigenvalue weighted by Gasteiger charge is 2.37. The molecule has 0 radical (unpaired) electrons. The Balaban J connectivity index is 1.11. The maximum atomic E-state index is 5.40. The predicted molar refractivity (Wildman–Crippen MR) is 261 cm³/mol. The summed E-state index contributed by atoms with van der Waals surface area (Å²) in [6.45, 7) is 4.90. The van der Waals surface area contributed by atoms with Crippen LogP contribution in [0.4, 0.5) is 17.1 Å². The number of hydrogen-bond acceptors (Lipinski definition) is 4. The first kappa shape index (κ1) is 37.3. The molecule has 9 aromatic carbocycles. The van der Waals surface area contributed by atoms with Gasteiger partial charge >= 0.3 is 0 Å². The van der Waals surface area contributed by atoms with Gasteiger partial charge in [0.05, 0.1) is 11.4 Å². The predicted octanol–water partition coefficient (Wildman–Crippen LogP) is 13.6. The molecular weight excluding hydrogens is 769 g/mol. The van der Waals surface area contributed by atoms with Gasteiger partial charge in [-0.25, -0.2) is 15.0 Å². The van der Waals surface area contributed by atoms with Crippen molar-refractivity contribution in [1.82, 2.24) is 15.0 Å². The van der Waals surface area contributed by atoms with Crippen molar-refractivity contribution in [2.24, 2.45) is 0 Å². The van der Waals surface area contributed by atoms with Gasteiger partial charge in [0.15, 0.2) is 17.5 Å². The molecule has 5 heteroatoms. The summed E-state index contributed by atoms with van der Waals surface area (Å²) in [5, 5.41) is 5.22. The van der Waals surface area contributed by atoms with E-state index >= 15 is 0 Å². The topological polar surface area (TPSA) is 41.9 Å². The van der Waals surface area contributed by atoms with Crippen molar-refractivity contribution >= 4 is 46.3 Å². The molecular formula is C57H42N4Si. The molecule has 0 saturated heterocycles. The first-order valence-corrected chi connectivity index (χ1v) is 24.2. The molecule has 0 bridgehead atoms. The van der Waals surface area contributed by atoms with Crippen molar-refractivity contribution in [3.63, 3.8) is 0 Å². The van der Waals surface area contributed by atoms with E-state index in [-0.39, 0.29) is 0 Å². The minimum Gasteiger partial charge on any atom is -0.309 e. The number of rotatable bonds is 8. The summed E-state index contributed by atoms with van der Waals surface area (Å²) >= 11 is 0. The highest BCUT2D eigenvalue weighted by molar-refractivity contribution is 7.03. The third-order valence-electron chi connectivity index (χ3n) is 12.4. The molecule has 0 saturated carbocycles. The Hall–Kier alpha value is -7.73. The Kier molecular flexibility index (Phi) is 9.25. The highest BCUT2D eigenvalue weighted by atomic mass is 28.3.